The molecule has 1 aliphatic heterocycles. The van der Waals surface area contributed by atoms with Gasteiger partial charge in [0.05, 0.1) is 5.56 Å². The van der Waals surface area contributed by atoms with Crippen molar-refractivity contribution in [3.05, 3.63) is 34.9 Å². The molecule has 106 valence electrons. The number of carboxylic acids is 1. The third-order valence-corrected chi connectivity index (χ3v) is 4.69. The van der Waals surface area contributed by atoms with E-state index in [1.807, 2.05) is 11.0 Å². The van der Waals surface area contributed by atoms with E-state index in [0.29, 0.717) is 18.7 Å². The molecule has 0 unspecified atom stereocenters. The second-order valence-electron chi connectivity index (χ2n) is 6.22. The third kappa shape index (κ3) is 2.09. The Hall–Kier alpha value is -1.84. The molecule has 0 spiro atoms. The number of aromatic carboxylic acids is 1. The van der Waals surface area contributed by atoms with Gasteiger partial charge < -0.3 is 10.0 Å². The van der Waals surface area contributed by atoms with Crippen LogP contribution in [0.15, 0.2) is 18.2 Å². The fourth-order valence-corrected chi connectivity index (χ4v) is 3.42. The van der Waals surface area contributed by atoms with Gasteiger partial charge in [-0.15, -0.1) is 0 Å². The number of benzene rings is 1. The number of carbonyl (C=O) groups is 2. The van der Waals surface area contributed by atoms with Gasteiger partial charge in [0.2, 0.25) is 5.91 Å². The van der Waals surface area contributed by atoms with Gasteiger partial charge in [-0.2, -0.15) is 0 Å². The molecule has 0 radical (unpaired) electrons. The maximum absolute atomic E-state index is 12.7. The zero-order valence-corrected chi connectivity index (χ0v) is 11.7. The van der Waals surface area contributed by atoms with Crippen molar-refractivity contribution in [1.82, 2.24) is 4.90 Å². The zero-order valence-electron chi connectivity index (χ0n) is 11.7. The van der Waals surface area contributed by atoms with Crippen LogP contribution < -0.4 is 0 Å². The molecule has 1 heterocycles. The second kappa shape index (κ2) is 4.62. The van der Waals surface area contributed by atoms with Gasteiger partial charge in [-0.3, -0.25) is 4.79 Å². The maximum atomic E-state index is 12.7. The minimum Gasteiger partial charge on any atom is -0.478 e. The Morgan fingerprint density at radius 2 is 1.80 bits per heavy atom. The minimum absolute atomic E-state index is 0.211. The monoisotopic (exact) mass is 273 g/mol. The lowest BCUT2D eigenvalue weighted by atomic mass is 9.87. The molecule has 1 saturated carbocycles. The zero-order chi connectivity index (χ0) is 14.3. The Labute approximate surface area is 118 Å². The number of hydrogen-bond acceptors (Lipinski definition) is 2. The molecule has 1 N–H and O–H groups in total. The van der Waals surface area contributed by atoms with E-state index in [1.54, 1.807) is 12.1 Å². The van der Waals surface area contributed by atoms with Gasteiger partial charge in [-0.1, -0.05) is 25.8 Å². The van der Waals surface area contributed by atoms with Gasteiger partial charge >= 0.3 is 5.97 Å². The number of fused-ring (bicyclic) bond motifs is 1. The lowest BCUT2D eigenvalue weighted by Gasteiger charge is -2.28. The summed E-state index contributed by atoms with van der Waals surface area (Å²) in [7, 11) is 0. The summed E-state index contributed by atoms with van der Waals surface area (Å²) in [5, 5.41) is 9.02. The van der Waals surface area contributed by atoms with Crippen LogP contribution >= 0.6 is 0 Å². The summed E-state index contributed by atoms with van der Waals surface area (Å²) in [5.41, 5.74) is 2.13. The van der Waals surface area contributed by atoms with Crippen molar-refractivity contribution in [3.63, 3.8) is 0 Å². The molecule has 0 aromatic heterocycles. The largest absolute Gasteiger partial charge is 0.478 e. The van der Waals surface area contributed by atoms with Gasteiger partial charge in [0.15, 0.2) is 0 Å². The summed E-state index contributed by atoms with van der Waals surface area (Å²) >= 11 is 0. The van der Waals surface area contributed by atoms with Crippen molar-refractivity contribution in [3.8, 4) is 0 Å². The number of hydrogen-bond donors (Lipinski definition) is 1. The van der Waals surface area contributed by atoms with Crippen molar-refractivity contribution in [2.24, 2.45) is 5.41 Å². The smallest absolute Gasteiger partial charge is 0.335 e. The van der Waals surface area contributed by atoms with E-state index in [-0.39, 0.29) is 11.3 Å². The first kappa shape index (κ1) is 13.2. The predicted molar refractivity (Wildman–Crippen MR) is 74.2 cm³/mol. The highest BCUT2D eigenvalue weighted by atomic mass is 16.4. The van der Waals surface area contributed by atoms with Crippen LogP contribution in [0.3, 0.4) is 0 Å². The first-order valence-electron chi connectivity index (χ1n) is 7.14. The van der Waals surface area contributed by atoms with Crippen LogP contribution in [-0.4, -0.2) is 21.9 Å². The van der Waals surface area contributed by atoms with Crippen LogP contribution in [0.4, 0.5) is 0 Å². The summed E-state index contributed by atoms with van der Waals surface area (Å²) in [6.45, 7) is 3.22. The van der Waals surface area contributed by atoms with Crippen LogP contribution in [0.25, 0.3) is 0 Å². The van der Waals surface area contributed by atoms with Crippen molar-refractivity contribution in [1.29, 1.82) is 0 Å². The average molecular weight is 273 g/mol. The first-order valence-corrected chi connectivity index (χ1v) is 7.14. The normalized spacial score (nSPS) is 19.9. The molecule has 1 aromatic carbocycles. The van der Waals surface area contributed by atoms with E-state index in [4.69, 9.17) is 5.11 Å². The number of nitrogens with zero attached hydrogens (tertiary/aromatic N) is 1. The maximum Gasteiger partial charge on any atom is 0.335 e. The summed E-state index contributed by atoms with van der Waals surface area (Å²) in [6.07, 6.45) is 4.20. The Balaban J connectivity index is 1.80. The van der Waals surface area contributed by atoms with Crippen molar-refractivity contribution in [2.45, 2.75) is 45.7 Å². The van der Waals surface area contributed by atoms with Crippen molar-refractivity contribution in [2.75, 3.05) is 0 Å². The Morgan fingerprint density at radius 3 is 2.45 bits per heavy atom. The molecular formula is C16H19NO3. The van der Waals surface area contributed by atoms with Gasteiger partial charge in [0.25, 0.3) is 0 Å². The molecule has 4 heteroatoms. The van der Waals surface area contributed by atoms with Gasteiger partial charge in [-0.25, -0.2) is 4.79 Å². The lowest BCUT2D eigenvalue weighted by molar-refractivity contribution is -0.141. The molecule has 4 nitrogen and oxygen atoms in total. The molecule has 1 aliphatic carbocycles. The van der Waals surface area contributed by atoms with E-state index in [0.717, 1.165) is 36.8 Å². The molecular weight excluding hydrogens is 254 g/mol. The summed E-state index contributed by atoms with van der Waals surface area (Å²) in [6, 6.07) is 5.15. The van der Waals surface area contributed by atoms with E-state index >= 15 is 0 Å². The van der Waals surface area contributed by atoms with Gasteiger partial charge in [0.1, 0.15) is 0 Å². The van der Waals surface area contributed by atoms with Crippen LogP contribution in [0.1, 0.15) is 54.1 Å². The Bertz CT molecular complexity index is 573. The highest BCUT2D eigenvalue weighted by Gasteiger charge is 2.40. The molecule has 1 amide bonds. The Kier molecular flexibility index (Phi) is 3.04. The fourth-order valence-electron chi connectivity index (χ4n) is 3.42. The molecule has 0 bridgehead atoms. The number of carbonyl (C=O) groups excluding carboxylic acids is 1. The van der Waals surface area contributed by atoms with Crippen LogP contribution in [0.5, 0.6) is 0 Å². The molecule has 1 aromatic rings. The van der Waals surface area contributed by atoms with E-state index in [2.05, 4.69) is 6.92 Å². The Morgan fingerprint density at radius 1 is 1.15 bits per heavy atom. The lowest BCUT2D eigenvalue weighted by Crippen LogP contribution is -2.37. The average Bonchev–Trinajstić information content (AvgIpc) is 3.03. The van der Waals surface area contributed by atoms with Gasteiger partial charge in [-0.05, 0) is 36.1 Å². The highest BCUT2D eigenvalue weighted by Crippen LogP contribution is 2.40. The van der Waals surface area contributed by atoms with Crippen LogP contribution in [-0.2, 0) is 17.9 Å². The summed E-state index contributed by atoms with van der Waals surface area (Å²) in [4.78, 5) is 25.5. The standard InChI is InChI=1S/C16H19NO3/c1-16(6-2-3-7-16)15(20)17-9-12-5-4-11(14(18)19)8-13(12)10-17/h4-5,8H,2-3,6-7,9-10H2,1H3,(H,18,19). The molecule has 0 saturated heterocycles. The van der Waals surface area contributed by atoms with E-state index < -0.39 is 5.97 Å². The highest BCUT2D eigenvalue weighted by molar-refractivity contribution is 5.88. The van der Waals surface area contributed by atoms with Crippen molar-refractivity contribution >= 4 is 11.9 Å². The number of rotatable bonds is 2. The third-order valence-electron chi connectivity index (χ3n) is 4.69. The summed E-state index contributed by atoms with van der Waals surface area (Å²) in [5.74, 6) is -0.691. The van der Waals surface area contributed by atoms with Crippen molar-refractivity contribution < 1.29 is 14.7 Å². The SMILES string of the molecule is CC1(C(=O)N2Cc3ccc(C(=O)O)cc3C2)CCCC1. The van der Waals surface area contributed by atoms with Crippen LogP contribution in [0.2, 0.25) is 0 Å². The topological polar surface area (TPSA) is 57.6 Å². The quantitative estimate of drug-likeness (QED) is 0.901. The fraction of sp³-hybridized carbons (Fsp3) is 0.500. The summed E-state index contributed by atoms with van der Waals surface area (Å²) < 4.78 is 0. The predicted octanol–water partition coefficient (Wildman–Crippen LogP) is 2.81. The van der Waals surface area contributed by atoms with Crippen LogP contribution in [0, 0.1) is 5.41 Å². The minimum atomic E-state index is -0.916. The number of carboxylic acid groups (broad SMARTS) is 1. The molecule has 20 heavy (non-hydrogen) atoms. The van der Waals surface area contributed by atoms with E-state index in [1.165, 1.54) is 0 Å². The molecule has 3 rings (SSSR count). The molecule has 2 aliphatic rings. The second-order valence-corrected chi connectivity index (χ2v) is 6.22. The van der Waals surface area contributed by atoms with Gasteiger partial charge in [0, 0.05) is 18.5 Å². The first-order chi connectivity index (χ1) is 9.49. The van der Waals surface area contributed by atoms with E-state index in [9.17, 15) is 9.59 Å². The molecule has 0 atom stereocenters. The number of amides is 1. The molecule has 1 fully saturated rings.